The van der Waals surface area contributed by atoms with E-state index in [4.69, 9.17) is 10.2 Å². The molecule has 2 N–H and O–H groups in total. The first kappa shape index (κ1) is 14.4. The van der Waals surface area contributed by atoms with E-state index in [2.05, 4.69) is 48.0 Å². The Hall–Kier alpha value is -1.58. The van der Waals surface area contributed by atoms with Crippen molar-refractivity contribution < 1.29 is 4.42 Å². The van der Waals surface area contributed by atoms with Crippen LogP contribution in [0.3, 0.4) is 0 Å². The fraction of sp³-hybridized carbons (Fsp3) is 0.222. The fourth-order valence-corrected chi connectivity index (χ4v) is 2.98. The number of para-hydroxylation sites is 1. The molecule has 0 saturated heterocycles. The number of hydrogen-bond acceptors (Lipinski definition) is 2. The first-order chi connectivity index (χ1) is 10.0. The van der Waals surface area contributed by atoms with Crippen LogP contribution >= 0.6 is 15.9 Å². The summed E-state index contributed by atoms with van der Waals surface area (Å²) in [5.74, 6) is 0.829. The van der Waals surface area contributed by atoms with E-state index >= 15 is 0 Å². The van der Waals surface area contributed by atoms with Crippen LogP contribution in [0.1, 0.15) is 28.5 Å². The molecule has 0 radical (unpaired) electrons. The summed E-state index contributed by atoms with van der Waals surface area (Å²) in [6.07, 6.45) is 0.776. The maximum atomic E-state index is 6.32. The minimum atomic E-state index is -0.133. The summed E-state index contributed by atoms with van der Waals surface area (Å²) in [5.41, 5.74) is 11.0. The van der Waals surface area contributed by atoms with Gasteiger partial charge >= 0.3 is 0 Å². The van der Waals surface area contributed by atoms with Crippen LogP contribution in [-0.2, 0) is 6.42 Å². The summed E-state index contributed by atoms with van der Waals surface area (Å²) < 4.78 is 6.88. The maximum absolute atomic E-state index is 6.32. The normalized spacial score (nSPS) is 12.8. The predicted molar refractivity (Wildman–Crippen MR) is 90.5 cm³/mol. The van der Waals surface area contributed by atoms with E-state index in [-0.39, 0.29) is 6.04 Å². The van der Waals surface area contributed by atoms with Crippen molar-refractivity contribution in [1.29, 1.82) is 0 Å². The average molecular weight is 344 g/mol. The highest BCUT2D eigenvalue weighted by atomic mass is 79.9. The van der Waals surface area contributed by atoms with Crippen LogP contribution in [-0.4, -0.2) is 0 Å². The van der Waals surface area contributed by atoms with Gasteiger partial charge in [-0.05, 0) is 65.0 Å². The Bertz CT molecular complexity index is 791. The number of aryl methyl sites for hydroxylation is 2. The second-order valence-corrected chi connectivity index (χ2v) is 6.39. The van der Waals surface area contributed by atoms with Gasteiger partial charge in [0.05, 0.1) is 10.5 Å². The molecule has 108 valence electrons. The van der Waals surface area contributed by atoms with E-state index in [1.807, 2.05) is 24.3 Å². The van der Waals surface area contributed by atoms with Gasteiger partial charge in [-0.3, -0.25) is 0 Å². The number of halogens is 1. The van der Waals surface area contributed by atoms with Gasteiger partial charge in [-0.15, -0.1) is 0 Å². The quantitative estimate of drug-likeness (QED) is 0.722. The Morgan fingerprint density at radius 3 is 2.62 bits per heavy atom. The molecule has 1 heterocycles. The monoisotopic (exact) mass is 343 g/mol. The van der Waals surface area contributed by atoms with E-state index in [1.54, 1.807) is 0 Å². The first-order valence-electron chi connectivity index (χ1n) is 7.04. The summed E-state index contributed by atoms with van der Waals surface area (Å²) in [4.78, 5) is 0. The molecular weight excluding hydrogens is 326 g/mol. The molecule has 0 aliphatic carbocycles. The maximum Gasteiger partial charge on any atom is 0.148 e. The van der Waals surface area contributed by atoms with Gasteiger partial charge in [0.2, 0.25) is 0 Å². The van der Waals surface area contributed by atoms with Gasteiger partial charge in [-0.25, -0.2) is 0 Å². The van der Waals surface area contributed by atoms with Crippen molar-refractivity contribution in [3.05, 3.63) is 69.4 Å². The lowest BCUT2D eigenvalue weighted by atomic mass is 10.00. The standard InChI is InChI=1S/C18H18BrNO/c1-11-6-7-13(8-12(11)2)9-16(20)17-10-14-4-3-5-15(19)18(14)21-17/h3-8,10,16H,9,20H2,1-2H3. The molecule has 1 aromatic heterocycles. The number of hydrogen-bond donors (Lipinski definition) is 1. The van der Waals surface area contributed by atoms with Crippen molar-refractivity contribution in [2.24, 2.45) is 5.73 Å². The van der Waals surface area contributed by atoms with Crippen LogP contribution in [0.15, 0.2) is 51.4 Å². The molecular formula is C18H18BrNO. The molecule has 0 bridgehead atoms. The Kier molecular flexibility index (Phi) is 3.87. The minimum absolute atomic E-state index is 0.133. The van der Waals surface area contributed by atoms with Gasteiger partial charge in [-0.2, -0.15) is 0 Å². The summed E-state index contributed by atoms with van der Waals surface area (Å²) in [6.45, 7) is 4.25. The predicted octanol–water partition coefficient (Wildman–Crippen LogP) is 5.05. The highest BCUT2D eigenvalue weighted by Crippen LogP contribution is 2.30. The molecule has 1 unspecified atom stereocenters. The largest absolute Gasteiger partial charge is 0.458 e. The topological polar surface area (TPSA) is 39.2 Å². The van der Waals surface area contributed by atoms with Gasteiger partial charge in [0.15, 0.2) is 0 Å². The van der Waals surface area contributed by atoms with E-state index < -0.39 is 0 Å². The number of furan rings is 1. The smallest absolute Gasteiger partial charge is 0.148 e. The number of rotatable bonds is 3. The molecule has 3 aromatic rings. The van der Waals surface area contributed by atoms with Crippen LogP contribution in [0.5, 0.6) is 0 Å². The van der Waals surface area contributed by atoms with Gasteiger partial charge in [0, 0.05) is 5.39 Å². The zero-order valence-corrected chi connectivity index (χ0v) is 13.8. The van der Waals surface area contributed by atoms with E-state index in [9.17, 15) is 0 Å². The third kappa shape index (κ3) is 2.89. The van der Waals surface area contributed by atoms with Crippen LogP contribution < -0.4 is 5.73 Å². The molecule has 1 atom stereocenters. The van der Waals surface area contributed by atoms with Gasteiger partial charge < -0.3 is 10.2 Å². The Labute approximate surface area is 133 Å². The molecule has 0 fully saturated rings. The molecule has 0 spiro atoms. The molecule has 2 aromatic carbocycles. The number of nitrogens with two attached hydrogens (primary N) is 1. The van der Waals surface area contributed by atoms with Gasteiger partial charge in [0.25, 0.3) is 0 Å². The lowest BCUT2D eigenvalue weighted by Crippen LogP contribution is -2.12. The third-order valence-corrected chi connectivity index (χ3v) is 4.53. The summed E-state index contributed by atoms with van der Waals surface area (Å²) in [5, 5.41) is 1.08. The fourth-order valence-electron chi connectivity index (χ4n) is 2.52. The molecule has 3 rings (SSSR count). The second kappa shape index (κ2) is 5.66. The van der Waals surface area contributed by atoms with Crippen LogP contribution in [0.2, 0.25) is 0 Å². The number of benzene rings is 2. The molecule has 2 nitrogen and oxygen atoms in total. The zero-order valence-electron chi connectivity index (χ0n) is 12.2. The zero-order chi connectivity index (χ0) is 15.0. The van der Waals surface area contributed by atoms with Crippen molar-refractivity contribution in [1.82, 2.24) is 0 Å². The third-order valence-electron chi connectivity index (χ3n) is 3.91. The Balaban J connectivity index is 1.87. The van der Waals surface area contributed by atoms with Gasteiger partial charge in [0.1, 0.15) is 11.3 Å². The lowest BCUT2D eigenvalue weighted by Gasteiger charge is -2.10. The van der Waals surface area contributed by atoms with Crippen molar-refractivity contribution >= 4 is 26.9 Å². The Morgan fingerprint density at radius 2 is 1.90 bits per heavy atom. The summed E-state index contributed by atoms with van der Waals surface area (Å²) in [6, 6.07) is 14.4. The molecule has 0 aliphatic heterocycles. The highest BCUT2D eigenvalue weighted by molar-refractivity contribution is 9.10. The van der Waals surface area contributed by atoms with Crippen molar-refractivity contribution in [2.45, 2.75) is 26.3 Å². The minimum Gasteiger partial charge on any atom is -0.458 e. The molecule has 0 saturated carbocycles. The summed E-state index contributed by atoms with van der Waals surface area (Å²) in [7, 11) is 0. The highest BCUT2D eigenvalue weighted by Gasteiger charge is 2.14. The SMILES string of the molecule is Cc1ccc(CC(N)c2cc3cccc(Br)c3o2)cc1C. The Morgan fingerprint density at radius 1 is 1.10 bits per heavy atom. The summed E-state index contributed by atoms with van der Waals surface area (Å²) >= 11 is 3.51. The molecule has 0 aliphatic rings. The van der Waals surface area contributed by atoms with E-state index in [0.717, 1.165) is 27.6 Å². The van der Waals surface area contributed by atoms with E-state index in [1.165, 1.54) is 16.7 Å². The van der Waals surface area contributed by atoms with Crippen molar-refractivity contribution in [3.8, 4) is 0 Å². The van der Waals surface area contributed by atoms with Crippen LogP contribution in [0.25, 0.3) is 11.0 Å². The van der Waals surface area contributed by atoms with Crippen molar-refractivity contribution in [3.63, 3.8) is 0 Å². The molecule has 0 amide bonds. The molecule has 3 heteroatoms. The molecule has 21 heavy (non-hydrogen) atoms. The van der Waals surface area contributed by atoms with Crippen LogP contribution in [0.4, 0.5) is 0 Å². The second-order valence-electron chi connectivity index (χ2n) is 5.54. The van der Waals surface area contributed by atoms with Gasteiger partial charge in [-0.1, -0.05) is 30.3 Å². The van der Waals surface area contributed by atoms with Crippen molar-refractivity contribution in [2.75, 3.05) is 0 Å². The average Bonchev–Trinajstić information content (AvgIpc) is 2.89. The lowest BCUT2D eigenvalue weighted by molar-refractivity contribution is 0.493. The van der Waals surface area contributed by atoms with Crippen LogP contribution in [0, 0.1) is 13.8 Å². The number of fused-ring (bicyclic) bond motifs is 1. The van der Waals surface area contributed by atoms with E-state index in [0.29, 0.717) is 0 Å². The first-order valence-corrected chi connectivity index (χ1v) is 7.83.